The molecule has 0 amide bonds. The molecule has 4 fully saturated rings. The van der Waals surface area contributed by atoms with E-state index in [1.807, 2.05) is 0 Å². The van der Waals surface area contributed by atoms with Crippen LogP contribution in [0.4, 0.5) is 4.39 Å². The third-order valence-electron chi connectivity index (χ3n) is 9.09. The second-order valence-electron chi connectivity index (χ2n) is 10.4. The van der Waals surface area contributed by atoms with E-state index < -0.39 is 21.4 Å². The highest BCUT2D eigenvalue weighted by atomic mass is 33.1. The monoisotopic (exact) mass is 448 g/mol. The molecule has 0 heterocycles. The third kappa shape index (κ3) is 4.03. The fourth-order valence-electron chi connectivity index (χ4n) is 7.85. The van der Waals surface area contributed by atoms with Crippen molar-refractivity contribution in [3.8, 4) is 0 Å². The van der Waals surface area contributed by atoms with E-state index in [2.05, 4.69) is 6.92 Å². The van der Waals surface area contributed by atoms with Crippen LogP contribution in [0, 0.1) is 40.9 Å². The highest BCUT2D eigenvalue weighted by Crippen LogP contribution is 2.64. The maximum Gasteiger partial charge on any atom is 0.320 e. The lowest BCUT2D eigenvalue weighted by Crippen LogP contribution is -2.52. The molecule has 0 aliphatic heterocycles. The van der Waals surface area contributed by atoms with Crippen LogP contribution in [0.5, 0.6) is 0 Å². The summed E-state index contributed by atoms with van der Waals surface area (Å²) in [5.74, 6) is 2.31. The second-order valence-corrected chi connectivity index (χ2v) is 13.7. The molecule has 4 aliphatic rings. The third-order valence-corrected chi connectivity index (χ3v) is 11.0. The van der Waals surface area contributed by atoms with Crippen molar-refractivity contribution in [3.63, 3.8) is 0 Å². The van der Waals surface area contributed by atoms with E-state index in [0.717, 1.165) is 44.9 Å². The van der Waals surface area contributed by atoms with Gasteiger partial charge in [0.2, 0.25) is 0 Å². The first-order valence-electron chi connectivity index (χ1n) is 11.0. The van der Waals surface area contributed by atoms with Gasteiger partial charge in [-0.15, -0.1) is 0 Å². The lowest BCUT2D eigenvalue weighted by Gasteiger charge is -2.56. The van der Waals surface area contributed by atoms with Gasteiger partial charge in [0.25, 0.3) is 0 Å². The molecular weight excluding hydrogens is 415 g/mol. The molecule has 0 saturated heterocycles. The Morgan fingerprint density at radius 3 is 2.48 bits per heavy atom. The van der Waals surface area contributed by atoms with Gasteiger partial charge in [0.05, 0.1) is 11.4 Å². The number of rotatable bonds is 5. The van der Waals surface area contributed by atoms with E-state index in [1.165, 1.54) is 0 Å². The van der Waals surface area contributed by atoms with Crippen molar-refractivity contribution in [2.24, 2.45) is 40.9 Å². The summed E-state index contributed by atoms with van der Waals surface area (Å²) >= 11 is 0. The van der Waals surface area contributed by atoms with Gasteiger partial charge in [0, 0.05) is 16.7 Å². The number of Topliss-reactive ketones (excluding diaryl/α,β-unsaturated/α-hetero) is 1. The number of aliphatic hydroxyl groups is 1. The molecule has 29 heavy (non-hydrogen) atoms. The van der Waals surface area contributed by atoms with Gasteiger partial charge in [0.15, 0.2) is 0 Å². The molecule has 4 saturated carbocycles. The first-order valence-corrected chi connectivity index (χ1v) is 13.9. The number of hydrogen-bond acceptors (Lipinski definition) is 5. The fourth-order valence-corrected chi connectivity index (χ4v) is 9.11. The molecular formula is C21H33FO5S2. The molecule has 0 bridgehead atoms. The van der Waals surface area contributed by atoms with Gasteiger partial charge in [-0.2, -0.15) is 8.42 Å². The van der Waals surface area contributed by atoms with E-state index >= 15 is 0 Å². The predicted octanol–water partition coefficient (Wildman–Crippen LogP) is 4.06. The predicted molar refractivity (Wildman–Crippen MR) is 111 cm³/mol. The van der Waals surface area contributed by atoms with Gasteiger partial charge in [-0.05, 0) is 92.8 Å². The van der Waals surface area contributed by atoms with Crippen molar-refractivity contribution in [2.75, 3.05) is 12.4 Å². The Morgan fingerprint density at radius 2 is 1.79 bits per heavy atom. The number of halogens is 1. The molecule has 4 aliphatic carbocycles. The van der Waals surface area contributed by atoms with Gasteiger partial charge < -0.3 is 5.11 Å². The van der Waals surface area contributed by atoms with Crippen LogP contribution in [0.3, 0.4) is 0 Å². The number of fused-ring (bicyclic) bond motifs is 5. The molecule has 0 unspecified atom stereocenters. The molecule has 0 spiro atoms. The van der Waals surface area contributed by atoms with E-state index in [1.54, 1.807) is 0 Å². The molecule has 0 aromatic carbocycles. The lowest BCUT2D eigenvalue weighted by atomic mass is 9.49. The lowest BCUT2D eigenvalue weighted by molar-refractivity contribution is -0.131. The van der Waals surface area contributed by atoms with Crippen LogP contribution in [-0.4, -0.2) is 41.9 Å². The molecule has 5 nitrogen and oxygen atoms in total. The van der Waals surface area contributed by atoms with Crippen molar-refractivity contribution in [2.45, 2.75) is 70.3 Å². The minimum Gasteiger partial charge on any atom is -0.387 e. The molecule has 2 N–H and O–H groups in total. The zero-order valence-corrected chi connectivity index (χ0v) is 18.7. The van der Waals surface area contributed by atoms with E-state index in [0.29, 0.717) is 53.2 Å². The summed E-state index contributed by atoms with van der Waals surface area (Å²) in [6.07, 6.45) is 8.05. The quantitative estimate of drug-likeness (QED) is 0.487. The Kier molecular flexibility index (Phi) is 5.89. The smallest absolute Gasteiger partial charge is 0.320 e. The standard InChI is InChI=1S/C21H33FO5S2/c1-20-8-6-15-14-7-9-21(24,12-22)10-13(14)2-3-16(15)17(20)4-5-18(20)19(23)11-28-29(25,26)27/h13-18,24H,2-12H2,1H3,(H,25,26,27)/t13-,14+,15-,16-,17+,18-,20+,21-/m1/s1. The van der Waals surface area contributed by atoms with Crippen LogP contribution >= 0.6 is 10.8 Å². The highest BCUT2D eigenvalue weighted by molar-refractivity contribution is 8.70. The van der Waals surface area contributed by atoms with Crippen LogP contribution < -0.4 is 0 Å². The minimum absolute atomic E-state index is 0.0459. The largest absolute Gasteiger partial charge is 0.387 e. The van der Waals surface area contributed by atoms with Crippen LogP contribution in [0.1, 0.15) is 64.7 Å². The van der Waals surface area contributed by atoms with Crippen LogP contribution in [0.25, 0.3) is 0 Å². The summed E-state index contributed by atoms with van der Waals surface area (Å²) < 4.78 is 44.3. The zero-order valence-electron chi connectivity index (χ0n) is 17.1. The van der Waals surface area contributed by atoms with Gasteiger partial charge in [-0.3, -0.25) is 9.35 Å². The topological polar surface area (TPSA) is 91.7 Å². The summed E-state index contributed by atoms with van der Waals surface area (Å²) in [5, 5.41) is 10.4. The van der Waals surface area contributed by atoms with E-state index in [4.69, 9.17) is 4.55 Å². The first kappa shape index (κ1) is 22.0. The minimum atomic E-state index is -4.19. The Morgan fingerprint density at radius 1 is 1.07 bits per heavy atom. The van der Waals surface area contributed by atoms with E-state index in [9.17, 15) is 22.7 Å². The Labute approximate surface area is 176 Å². The Bertz CT molecular complexity index is 758. The van der Waals surface area contributed by atoms with Crippen LogP contribution in [-0.2, 0) is 13.9 Å². The Hall–Kier alpha value is -0.180. The maximum atomic E-state index is 13.3. The Balaban J connectivity index is 1.46. The summed E-state index contributed by atoms with van der Waals surface area (Å²) in [7, 11) is -3.86. The number of ketones is 1. The maximum absolute atomic E-state index is 13.3. The number of carbonyl (C=O) groups is 1. The summed E-state index contributed by atoms with van der Waals surface area (Å²) in [4.78, 5) is 12.8. The molecule has 8 heteroatoms. The van der Waals surface area contributed by atoms with Crippen molar-refractivity contribution >= 4 is 25.7 Å². The average Bonchev–Trinajstić information content (AvgIpc) is 3.02. The average molecular weight is 449 g/mol. The molecule has 8 atom stereocenters. The molecule has 0 aromatic rings. The van der Waals surface area contributed by atoms with Gasteiger partial charge in [0.1, 0.15) is 12.5 Å². The fraction of sp³-hybridized carbons (Fsp3) is 0.952. The molecule has 4 rings (SSSR count). The number of carbonyl (C=O) groups excluding carboxylic acids is 1. The van der Waals surface area contributed by atoms with Crippen molar-refractivity contribution in [3.05, 3.63) is 0 Å². The van der Waals surface area contributed by atoms with Crippen molar-refractivity contribution < 1.29 is 27.3 Å². The highest BCUT2D eigenvalue weighted by Gasteiger charge is 2.59. The normalized spacial score (nSPS) is 47.2. The molecule has 0 radical (unpaired) electrons. The van der Waals surface area contributed by atoms with E-state index in [-0.39, 0.29) is 22.9 Å². The number of hydrogen-bond donors (Lipinski definition) is 2. The zero-order chi connectivity index (χ0) is 21.0. The van der Waals surface area contributed by atoms with Crippen molar-refractivity contribution in [1.82, 2.24) is 0 Å². The summed E-state index contributed by atoms with van der Waals surface area (Å²) in [6.45, 7) is 1.58. The van der Waals surface area contributed by atoms with Gasteiger partial charge in [-0.25, -0.2) is 4.39 Å². The molecule has 0 aromatic heterocycles. The molecule has 166 valence electrons. The van der Waals surface area contributed by atoms with Gasteiger partial charge >= 0.3 is 9.15 Å². The second kappa shape index (κ2) is 7.75. The number of alkyl halides is 1. The SMILES string of the molecule is C[C@]12CC[C@H]3[C@@H](CC[C@@H]4C[C@@](O)(CF)CC[C@@H]43)[C@@H]1CC[C@@H]2C(=O)CSS(=O)(=O)O. The summed E-state index contributed by atoms with van der Waals surface area (Å²) in [5.41, 5.74) is -1.20. The summed E-state index contributed by atoms with van der Waals surface area (Å²) in [6, 6.07) is 0. The van der Waals surface area contributed by atoms with Crippen LogP contribution in [0.15, 0.2) is 0 Å². The van der Waals surface area contributed by atoms with Crippen LogP contribution in [0.2, 0.25) is 0 Å². The first-order chi connectivity index (χ1) is 13.6. The van der Waals surface area contributed by atoms with Gasteiger partial charge in [-0.1, -0.05) is 6.92 Å². The van der Waals surface area contributed by atoms with Crippen molar-refractivity contribution in [1.29, 1.82) is 0 Å².